The van der Waals surface area contributed by atoms with E-state index < -0.39 is 5.97 Å². The molecule has 31 heavy (non-hydrogen) atoms. The van der Waals surface area contributed by atoms with Crippen LogP contribution >= 0.6 is 11.3 Å². The third-order valence-corrected chi connectivity index (χ3v) is 6.24. The fraction of sp³-hybridized carbons (Fsp3) is 0.292. The Labute approximate surface area is 184 Å². The highest BCUT2D eigenvalue weighted by molar-refractivity contribution is 7.15. The topological polar surface area (TPSA) is 68.3 Å². The molecule has 1 amide bonds. The van der Waals surface area contributed by atoms with E-state index in [-0.39, 0.29) is 24.2 Å². The molecule has 0 atom stereocenters. The molecule has 160 valence electrons. The van der Waals surface area contributed by atoms with Crippen LogP contribution in [0.5, 0.6) is 0 Å². The maximum Gasteiger partial charge on any atom is 0.342 e. The second-order valence-electron chi connectivity index (χ2n) is 7.61. The van der Waals surface area contributed by atoms with Crippen LogP contribution in [0.2, 0.25) is 0 Å². The molecule has 3 aromatic rings. The smallest absolute Gasteiger partial charge is 0.342 e. The van der Waals surface area contributed by atoms with E-state index in [0.29, 0.717) is 21.7 Å². The number of carbonyl (C=O) groups is 2. The fourth-order valence-corrected chi connectivity index (χ4v) is 4.72. The average molecular weight is 439 g/mol. The Morgan fingerprint density at radius 1 is 1.06 bits per heavy atom. The van der Waals surface area contributed by atoms with Crippen LogP contribution in [-0.2, 0) is 16.0 Å². The first-order valence-electron chi connectivity index (χ1n) is 10.4. The Bertz CT molecular complexity index is 1040. The van der Waals surface area contributed by atoms with Gasteiger partial charge in [0.1, 0.15) is 22.5 Å². The van der Waals surface area contributed by atoms with Gasteiger partial charge in [-0.1, -0.05) is 18.6 Å². The molecule has 1 aromatic carbocycles. The van der Waals surface area contributed by atoms with Gasteiger partial charge in [0.05, 0.1) is 6.42 Å². The predicted octanol–water partition coefficient (Wildman–Crippen LogP) is 5.62. The molecule has 0 aliphatic heterocycles. The lowest BCUT2D eigenvalue weighted by Gasteiger charge is -2.22. The summed E-state index contributed by atoms with van der Waals surface area (Å²) in [5, 5.41) is 5.16. The van der Waals surface area contributed by atoms with Crippen molar-refractivity contribution < 1.29 is 18.7 Å². The first-order valence-corrected chi connectivity index (χ1v) is 11.3. The summed E-state index contributed by atoms with van der Waals surface area (Å²) < 4.78 is 18.9. The van der Waals surface area contributed by atoms with Gasteiger partial charge in [-0.15, -0.1) is 11.3 Å². The molecule has 2 aromatic heterocycles. The van der Waals surface area contributed by atoms with E-state index in [9.17, 15) is 14.0 Å². The number of aromatic nitrogens is 1. The van der Waals surface area contributed by atoms with Crippen molar-refractivity contribution in [1.29, 1.82) is 0 Å². The average Bonchev–Trinajstić information content (AvgIpc) is 3.20. The zero-order valence-electron chi connectivity index (χ0n) is 17.0. The molecule has 0 radical (unpaired) electrons. The van der Waals surface area contributed by atoms with Crippen molar-refractivity contribution in [2.24, 2.45) is 0 Å². The highest BCUT2D eigenvalue weighted by Crippen LogP contribution is 2.37. The summed E-state index contributed by atoms with van der Waals surface area (Å²) >= 11 is 1.29. The number of nitrogens with zero attached hydrogens (tertiary/aromatic N) is 1. The number of carbonyl (C=O) groups excluding carboxylic acids is 2. The number of benzene rings is 1. The van der Waals surface area contributed by atoms with Crippen molar-refractivity contribution in [3.63, 3.8) is 0 Å². The third kappa shape index (κ3) is 5.35. The van der Waals surface area contributed by atoms with Crippen LogP contribution < -0.4 is 5.32 Å². The number of hydrogen-bond acceptors (Lipinski definition) is 5. The van der Waals surface area contributed by atoms with Gasteiger partial charge in [-0.3, -0.25) is 9.78 Å². The van der Waals surface area contributed by atoms with Crippen molar-refractivity contribution in [2.75, 3.05) is 5.32 Å². The number of halogens is 1. The van der Waals surface area contributed by atoms with Crippen molar-refractivity contribution >= 4 is 28.2 Å². The summed E-state index contributed by atoms with van der Waals surface area (Å²) in [5.41, 5.74) is 2.61. The molecule has 0 bridgehead atoms. The molecule has 2 heterocycles. The summed E-state index contributed by atoms with van der Waals surface area (Å²) in [7, 11) is 0. The van der Waals surface area contributed by atoms with Gasteiger partial charge in [0.15, 0.2) is 0 Å². The Kier molecular flexibility index (Phi) is 6.72. The number of hydrogen-bond donors (Lipinski definition) is 1. The largest absolute Gasteiger partial charge is 0.459 e. The molecule has 1 aliphatic rings. The fourth-order valence-electron chi connectivity index (χ4n) is 3.75. The predicted molar refractivity (Wildman–Crippen MR) is 119 cm³/mol. The summed E-state index contributed by atoms with van der Waals surface area (Å²) in [4.78, 5) is 29.8. The maximum absolute atomic E-state index is 13.1. The Morgan fingerprint density at radius 3 is 2.48 bits per heavy atom. The Morgan fingerprint density at radius 2 is 1.77 bits per heavy atom. The van der Waals surface area contributed by atoms with Gasteiger partial charge in [0.25, 0.3) is 0 Å². The van der Waals surface area contributed by atoms with Gasteiger partial charge in [-0.2, -0.15) is 0 Å². The van der Waals surface area contributed by atoms with Gasteiger partial charge < -0.3 is 10.1 Å². The Balaban J connectivity index is 1.57. The zero-order valence-corrected chi connectivity index (χ0v) is 17.8. The molecule has 0 spiro atoms. The minimum atomic E-state index is -0.419. The van der Waals surface area contributed by atoms with E-state index in [1.165, 1.54) is 29.9 Å². The van der Waals surface area contributed by atoms with Gasteiger partial charge >= 0.3 is 5.97 Å². The lowest BCUT2D eigenvalue weighted by atomic mass is 9.97. The van der Waals surface area contributed by atoms with Crippen LogP contribution in [0.25, 0.3) is 11.1 Å². The normalized spacial score (nSPS) is 14.2. The third-order valence-electron chi connectivity index (χ3n) is 5.34. The molecule has 1 aliphatic carbocycles. The van der Waals surface area contributed by atoms with E-state index in [1.54, 1.807) is 24.5 Å². The van der Waals surface area contributed by atoms with E-state index in [1.807, 2.05) is 17.5 Å². The van der Waals surface area contributed by atoms with Crippen LogP contribution in [0, 0.1) is 5.82 Å². The van der Waals surface area contributed by atoms with Crippen LogP contribution in [0.15, 0.2) is 54.2 Å². The van der Waals surface area contributed by atoms with Crippen molar-refractivity contribution in [3.8, 4) is 11.1 Å². The lowest BCUT2D eigenvalue weighted by molar-refractivity contribution is -0.115. The molecule has 1 fully saturated rings. The number of thiophene rings is 1. The van der Waals surface area contributed by atoms with Gasteiger partial charge in [-0.05, 0) is 61.1 Å². The van der Waals surface area contributed by atoms with E-state index in [2.05, 4.69) is 10.3 Å². The molecule has 4 rings (SSSR count). The first kappa shape index (κ1) is 21.2. The van der Waals surface area contributed by atoms with Crippen LogP contribution in [-0.4, -0.2) is 23.0 Å². The minimum Gasteiger partial charge on any atom is -0.459 e. The standard InChI is InChI=1S/C24H23FN2O3S/c25-18-8-6-16(7-9-18)14-21(28)27-23-22(24(29)30-19-4-2-1-3-5-19)20(15-31-23)17-10-12-26-13-11-17/h6-13,15,19H,1-5,14H2,(H,27,28). The number of amides is 1. The number of anilines is 1. The van der Waals surface area contributed by atoms with Gasteiger partial charge in [0.2, 0.25) is 5.91 Å². The van der Waals surface area contributed by atoms with Gasteiger partial charge in [-0.25, -0.2) is 9.18 Å². The SMILES string of the molecule is O=C(Cc1ccc(F)cc1)Nc1scc(-c2ccncc2)c1C(=O)OC1CCCCC1. The van der Waals surface area contributed by atoms with E-state index in [0.717, 1.165) is 31.2 Å². The van der Waals surface area contributed by atoms with E-state index in [4.69, 9.17) is 4.74 Å². The molecular formula is C24H23FN2O3S. The van der Waals surface area contributed by atoms with Crippen molar-refractivity contribution in [3.05, 3.63) is 71.1 Å². The first-order chi connectivity index (χ1) is 15.1. The molecule has 0 unspecified atom stereocenters. The molecular weight excluding hydrogens is 415 g/mol. The number of ether oxygens (including phenoxy) is 1. The molecule has 1 N–H and O–H groups in total. The number of nitrogens with one attached hydrogen (secondary N) is 1. The van der Waals surface area contributed by atoms with E-state index >= 15 is 0 Å². The summed E-state index contributed by atoms with van der Waals surface area (Å²) in [6.45, 7) is 0. The summed E-state index contributed by atoms with van der Waals surface area (Å²) in [6, 6.07) is 9.44. The number of pyridine rings is 1. The second-order valence-corrected chi connectivity index (χ2v) is 8.49. The van der Waals surface area contributed by atoms with Crippen molar-refractivity contribution in [1.82, 2.24) is 4.98 Å². The highest BCUT2D eigenvalue weighted by atomic mass is 32.1. The molecule has 5 nitrogen and oxygen atoms in total. The van der Waals surface area contributed by atoms with Gasteiger partial charge in [0, 0.05) is 23.3 Å². The number of esters is 1. The van der Waals surface area contributed by atoms with Crippen molar-refractivity contribution in [2.45, 2.75) is 44.6 Å². The molecule has 7 heteroatoms. The van der Waals surface area contributed by atoms with Crippen LogP contribution in [0.4, 0.5) is 9.39 Å². The molecule has 0 saturated heterocycles. The summed E-state index contributed by atoms with van der Waals surface area (Å²) in [6.07, 6.45) is 8.33. The zero-order chi connectivity index (χ0) is 21.6. The molecule has 1 saturated carbocycles. The maximum atomic E-state index is 13.1. The quantitative estimate of drug-likeness (QED) is 0.507. The number of rotatable bonds is 6. The van der Waals surface area contributed by atoms with Crippen LogP contribution in [0.1, 0.15) is 48.0 Å². The lowest BCUT2D eigenvalue weighted by Crippen LogP contribution is -2.22. The minimum absolute atomic E-state index is 0.0832. The highest BCUT2D eigenvalue weighted by Gasteiger charge is 2.26. The monoisotopic (exact) mass is 438 g/mol. The summed E-state index contributed by atoms with van der Waals surface area (Å²) in [5.74, 6) is -1.05. The second kappa shape index (κ2) is 9.83. The Hall–Kier alpha value is -3.06. The van der Waals surface area contributed by atoms with Crippen LogP contribution in [0.3, 0.4) is 0 Å².